The number of benzene rings is 1. The Labute approximate surface area is 97.3 Å². The molecular weight excluding hydrogens is 196 g/mol. The van der Waals surface area contributed by atoms with Crippen LogP contribution < -0.4 is 0 Å². The van der Waals surface area contributed by atoms with Crippen LogP contribution in [0.15, 0.2) is 24.3 Å². The summed E-state index contributed by atoms with van der Waals surface area (Å²) in [5.41, 5.74) is 2.73. The Morgan fingerprint density at radius 3 is 2.56 bits per heavy atom. The molecule has 0 spiro atoms. The number of nitrogens with zero attached hydrogens (tertiary/aromatic N) is 2. The van der Waals surface area contributed by atoms with Gasteiger partial charge in [0.05, 0.1) is 11.0 Å². The van der Waals surface area contributed by atoms with Gasteiger partial charge in [-0.2, -0.15) is 0 Å². The maximum Gasteiger partial charge on any atom is 0.106 e. The zero-order chi connectivity index (χ0) is 11.8. The first-order valence-electron chi connectivity index (χ1n) is 5.89. The van der Waals surface area contributed by atoms with Gasteiger partial charge < -0.3 is 4.57 Å². The van der Waals surface area contributed by atoms with Crippen molar-refractivity contribution in [1.82, 2.24) is 9.55 Å². The van der Waals surface area contributed by atoms with Gasteiger partial charge in [0.2, 0.25) is 0 Å². The van der Waals surface area contributed by atoms with Crippen molar-refractivity contribution < 1.29 is 0 Å². The molecule has 0 bridgehead atoms. The SMILES string of the molecule is Cc1nc2ccccc2n1CCC(C)(C)C. The van der Waals surface area contributed by atoms with E-state index in [2.05, 4.69) is 55.4 Å². The van der Waals surface area contributed by atoms with Crippen molar-refractivity contribution in [2.24, 2.45) is 5.41 Å². The molecule has 0 unspecified atom stereocenters. The standard InChI is InChI=1S/C14H20N2/c1-11-15-12-7-5-6-8-13(12)16(11)10-9-14(2,3)4/h5-8H,9-10H2,1-4H3. The van der Waals surface area contributed by atoms with E-state index >= 15 is 0 Å². The molecule has 0 aliphatic carbocycles. The molecule has 0 atom stereocenters. The molecule has 0 amide bonds. The van der Waals surface area contributed by atoms with Crippen LogP contribution in [0.2, 0.25) is 0 Å². The Morgan fingerprint density at radius 1 is 1.19 bits per heavy atom. The van der Waals surface area contributed by atoms with Crippen molar-refractivity contribution in [3.05, 3.63) is 30.1 Å². The van der Waals surface area contributed by atoms with Crippen LogP contribution >= 0.6 is 0 Å². The van der Waals surface area contributed by atoms with Crippen LogP contribution in [-0.4, -0.2) is 9.55 Å². The van der Waals surface area contributed by atoms with Crippen LogP contribution in [0.4, 0.5) is 0 Å². The van der Waals surface area contributed by atoms with E-state index in [-0.39, 0.29) is 0 Å². The molecule has 1 aromatic carbocycles. The van der Waals surface area contributed by atoms with Gasteiger partial charge in [-0.1, -0.05) is 32.9 Å². The van der Waals surface area contributed by atoms with Crippen LogP contribution in [0.25, 0.3) is 11.0 Å². The average molecular weight is 216 g/mol. The van der Waals surface area contributed by atoms with E-state index in [9.17, 15) is 0 Å². The number of aromatic nitrogens is 2. The van der Waals surface area contributed by atoms with Crippen LogP contribution in [0.1, 0.15) is 33.0 Å². The van der Waals surface area contributed by atoms with E-state index in [1.165, 1.54) is 11.9 Å². The molecule has 0 aliphatic rings. The predicted molar refractivity (Wildman–Crippen MR) is 68.5 cm³/mol. The number of imidazole rings is 1. The third kappa shape index (κ3) is 2.26. The number of aryl methyl sites for hydroxylation is 2. The Bertz CT molecular complexity index is 489. The number of hydrogen-bond acceptors (Lipinski definition) is 1. The fraction of sp³-hybridized carbons (Fsp3) is 0.500. The number of para-hydroxylation sites is 2. The monoisotopic (exact) mass is 216 g/mol. The van der Waals surface area contributed by atoms with Crippen molar-refractivity contribution in [2.45, 2.75) is 40.7 Å². The van der Waals surface area contributed by atoms with Crippen LogP contribution in [0.3, 0.4) is 0 Å². The lowest BCUT2D eigenvalue weighted by atomic mass is 9.92. The maximum absolute atomic E-state index is 4.58. The molecule has 0 fully saturated rings. The van der Waals surface area contributed by atoms with Gasteiger partial charge in [0.25, 0.3) is 0 Å². The fourth-order valence-electron chi connectivity index (χ4n) is 1.93. The van der Waals surface area contributed by atoms with Gasteiger partial charge in [-0.25, -0.2) is 4.98 Å². The van der Waals surface area contributed by atoms with Gasteiger partial charge in [0, 0.05) is 6.54 Å². The summed E-state index contributed by atoms with van der Waals surface area (Å²) in [7, 11) is 0. The van der Waals surface area contributed by atoms with Gasteiger partial charge in [0.15, 0.2) is 0 Å². The summed E-state index contributed by atoms with van der Waals surface area (Å²) in [6.07, 6.45) is 1.17. The van der Waals surface area contributed by atoms with Crippen LogP contribution in [0, 0.1) is 12.3 Å². The second kappa shape index (κ2) is 3.93. The largest absolute Gasteiger partial charge is 0.328 e. The lowest BCUT2D eigenvalue weighted by Crippen LogP contribution is -2.11. The minimum atomic E-state index is 0.373. The first kappa shape index (κ1) is 11.2. The average Bonchev–Trinajstić information content (AvgIpc) is 2.49. The molecule has 2 heteroatoms. The molecule has 2 nitrogen and oxygen atoms in total. The molecule has 16 heavy (non-hydrogen) atoms. The highest BCUT2D eigenvalue weighted by molar-refractivity contribution is 5.75. The molecule has 0 radical (unpaired) electrons. The Balaban J connectivity index is 2.33. The number of hydrogen-bond donors (Lipinski definition) is 0. The highest BCUT2D eigenvalue weighted by atomic mass is 15.1. The predicted octanol–water partition coefficient (Wildman–Crippen LogP) is 3.78. The smallest absolute Gasteiger partial charge is 0.106 e. The van der Waals surface area contributed by atoms with E-state index in [0.717, 1.165) is 17.9 Å². The van der Waals surface area contributed by atoms with E-state index in [0.29, 0.717) is 5.41 Å². The van der Waals surface area contributed by atoms with Gasteiger partial charge >= 0.3 is 0 Å². The van der Waals surface area contributed by atoms with Gasteiger partial charge in [-0.05, 0) is 30.9 Å². The molecular formula is C14H20N2. The topological polar surface area (TPSA) is 17.8 Å². The van der Waals surface area contributed by atoms with Crippen molar-refractivity contribution in [3.8, 4) is 0 Å². The third-order valence-electron chi connectivity index (χ3n) is 2.93. The molecule has 0 N–H and O–H groups in total. The van der Waals surface area contributed by atoms with Crippen molar-refractivity contribution in [3.63, 3.8) is 0 Å². The molecule has 2 aromatic rings. The summed E-state index contributed by atoms with van der Waals surface area (Å²) in [5, 5.41) is 0. The first-order chi connectivity index (χ1) is 7.47. The molecule has 1 aromatic heterocycles. The molecule has 1 heterocycles. The van der Waals surface area contributed by atoms with Crippen molar-refractivity contribution in [1.29, 1.82) is 0 Å². The molecule has 2 rings (SSSR count). The van der Waals surface area contributed by atoms with Gasteiger partial charge in [-0.15, -0.1) is 0 Å². The van der Waals surface area contributed by atoms with Crippen LogP contribution in [-0.2, 0) is 6.54 Å². The van der Waals surface area contributed by atoms with Crippen LogP contribution in [0.5, 0.6) is 0 Å². The highest BCUT2D eigenvalue weighted by Crippen LogP contribution is 2.22. The Morgan fingerprint density at radius 2 is 1.88 bits per heavy atom. The summed E-state index contributed by atoms with van der Waals surface area (Å²) in [6.45, 7) is 9.98. The maximum atomic E-state index is 4.58. The Hall–Kier alpha value is -1.31. The normalized spacial score (nSPS) is 12.2. The van der Waals surface area contributed by atoms with Gasteiger partial charge in [-0.3, -0.25) is 0 Å². The zero-order valence-corrected chi connectivity index (χ0v) is 10.6. The second-order valence-corrected chi connectivity index (χ2v) is 5.61. The second-order valence-electron chi connectivity index (χ2n) is 5.61. The summed E-state index contributed by atoms with van der Waals surface area (Å²) in [4.78, 5) is 4.58. The van der Waals surface area contributed by atoms with E-state index in [4.69, 9.17) is 0 Å². The summed E-state index contributed by atoms with van der Waals surface area (Å²) in [5.74, 6) is 1.12. The van der Waals surface area contributed by atoms with Crippen molar-refractivity contribution >= 4 is 11.0 Å². The lowest BCUT2D eigenvalue weighted by molar-refractivity contribution is 0.351. The molecule has 0 aliphatic heterocycles. The van der Waals surface area contributed by atoms with E-state index < -0.39 is 0 Å². The van der Waals surface area contributed by atoms with Gasteiger partial charge in [0.1, 0.15) is 5.82 Å². The third-order valence-corrected chi connectivity index (χ3v) is 2.93. The fourth-order valence-corrected chi connectivity index (χ4v) is 1.93. The minimum absolute atomic E-state index is 0.373. The quantitative estimate of drug-likeness (QED) is 0.747. The number of fused-ring (bicyclic) bond motifs is 1. The molecule has 0 saturated carbocycles. The highest BCUT2D eigenvalue weighted by Gasteiger charge is 2.12. The molecule has 0 saturated heterocycles. The summed E-state index contributed by atoms with van der Waals surface area (Å²) >= 11 is 0. The lowest BCUT2D eigenvalue weighted by Gasteiger charge is -2.19. The summed E-state index contributed by atoms with van der Waals surface area (Å²) in [6, 6.07) is 8.35. The van der Waals surface area contributed by atoms with E-state index in [1.54, 1.807) is 0 Å². The zero-order valence-electron chi connectivity index (χ0n) is 10.6. The van der Waals surface area contributed by atoms with Crippen molar-refractivity contribution in [2.75, 3.05) is 0 Å². The number of rotatable bonds is 2. The van der Waals surface area contributed by atoms with E-state index in [1.807, 2.05) is 6.07 Å². The first-order valence-corrected chi connectivity index (χ1v) is 5.89. The Kier molecular flexibility index (Phi) is 2.75. The summed E-state index contributed by atoms with van der Waals surface area (Å²) < 4.78 is 2.32. The minimum Gasteiger partial charge on any atom is -0.328 e. The molecule has 86 valence electrons.